The number of benzene rings is 2. The number of hydrogen-bond acceptors (Lipinski definition) is 5. The second-order valence-electron chi connectivity index (χ2n) is 7.67. The van der Waals surface area contributed by atoms with Crippen molar-refractivity contribution in [3.05, 3.63) is 66.0 Å². The van der Waals surface area contributed by atoms with E-state index in [9.17, 15) is 9.18 Å². The number of nitrogens with one attached hydrogen (secondary N) is 1. The van der Waals surface area contributed by atoms with Gasteiger partial charge in [0.05, 0.1) is 11.3 Å². The van der Waals surface area contributed by atoms with Crippen LogP contribution in [0.3, 0.4) is 0 Å². The molecule has 2 aromatic carbocycles. The van der Waals surface area contributed by atoms with Crippen molar-refractivity contribution in [2.75, 3.05) is 25.5 Å². The van der Waals surface area contributed by atoms with Crippen molar-refractivity contribution in [1.82, 2.24) is 20.1 Å². The average molecular weight is 441 g/mol. The highest BCUT2D eigenvalue weighted by Crippen LogP contribution is 2.34. The molecule has 1 fully saturated rings. The molecule has 0 unspecified atom stereocenters. The number of rotatable bonds is 7. The summed E-state index contributed by atoms with van der Waals surface area (Å²) >= 11 is 1.29. The summed E-state index contributed by atoms with van der Waals surface area (Å²) in [7, 11) is 1.77. The zero-order valence-electron chi connectivity index (χ0n) is 17.4. The monoisotopic (exact) mass is 440 g/mol. The highest BCUT2D eigenvalue weighted by atomic mass is 32.2. The van der Waals surface area contributed by atoms with Gasteiger partial charge in [-0.3, -0.25) is 4.79 Å². The fraction of sp³-hybridized carbons (Fsp3) is 0.348. The molecule has 6 nitrogen and oxygen atoms in total. The van der Waals surface area contributed by atoms with E-state index in [0.717, 1.165) is 12.8 Å². The van der Waals surface area contributed by atoms with Gasteiger partial charge in [0.15, 0.2) is 11.0 Å². The first kappa shape index (κ1) is 21.5. The van der Waals surface area contributed by atoms with Crippen LogP contribution >= 0.6 is 11.8 Å². The summed E-state index contributed by atoms with van der Waals surface area (Å²) in [4.78, 5) is 12.6. The molecule has 162 valence electrons. The van der Waals surface area contributed by atoms with E-state index in [4.69, 9.17) is 4.74 Å². The Labute approximate surface area is 185 Å². The molecule has 2 heterocycles. The summed E-state index contributed by atoms with van der Waals surface area (Å²) in [5.74, 6) is 0.230. The summed E-state index contributed by atoms with van der Waals surface area (Å²) in [6, 6.07) is 16.8. The van der Waals surface area contributed by atoms with Crippen LogP contribution in [-0.2, 0) is 22.0 Å². The van der Waals surface area contributed by atoms with Gasteiger partial charge in [0.1, 0.15) is 5.82 Å². The molecule has 0 radical (unpaired) electrons. The van der Waals surface area contributed by atoms with Gasteiger partial charge in [-0.05, 0) is 30.5 Å². The lowest BCUT2D eigenvalue weighted by molar-refractivity contribution is -0.119. The predicted molar refractivity (Wildman–Crippen MR) is 118 cm³/mol. The molecule has 1 aliphatic rings. The van der Waals surface area contributed by atoms with Crippen molar-refractivity contribution >= 4 is 17.7 Å². The van der Waals surface area contributed by atoms with E-state index < -0.39 is 0 Å². The number of ether oxygens (including phenoxy) is 1. The summed E-state index contributed by atoms with van der Waals surface area (Å²) in [5, 5.41) is 11.9. The molecule has 0 bridgehead atoms. The quantitative estimate of drug-likeness (QED) is 0.569. The molecule has 0 atom stereocenters. The Morgan fingerprint density at radius 1 is 1.13 bits per heavy atom. The lowest BCUT2D eigenvalue weighted by atomic mass is 9.74. The van der Waals surface area contributed by atoms with Crippen LogP contribution in [0.25, 0.3) is 11.4 Å². The van der Waals surface area contributed by atoms with Crippen LogP contribution in [0.5, 0.6) is 0 Å². The maximum absolute atomic E-state index is 14.1. The van der Waals surface area contributed by atoms with Crippen molar-refractivity contribution < 1.29 is 13.9 Å². The summed E-state index contributed by atoms with van der Waals surface area (Å²) < 4.78 is 21.3. The number of nitrogens with zero attached hydrogens (tertiary/aromatic N) is 3. The Bertz CT molecular complexity index is 1040. The first-order valence-electron chi connectivity index (χ1n) is 10.3. The molecule has 3 aromatic rings. The van der Waals surface area contributed by atoms with Gasteiger partial charge in [0, 0.05) is 32.2 Å². The van der Waals surface area contributed by atoms with Gasteiger partial charge in [0.2, 0.25) is 5.91 Å². The van der Waals surface area contributed by atoms with Gasteiger partial charge in [0.25, 0.3) is 0 Å². The largest absolute Gasteiger partial charge is 0.381 e. The first-order chi connectivity index (χ1) is 15.1. The molecule has 1 amide bonds. The van der Waals surface area contributed by atoms with E-state index in [1.807, 2.05) is 18.2 Å². The lowest BCUT2D eigenvalue weighted by Crippen LogP contribution is -2.45. The average Bonchev–Trinajstić information content (AvgIpc) is 3.18. The number of hydrogen-bond donors (Lipinski definition) is 1. The minimum atomic E-state index is -0.352. The normalized spacial score (nSPS) is 15.5. The van der Waals surface area contributed by atoms with Crippen molar-refractivity contribution in [3.8, 4) is 11.4 Å². The number of aromatic nitrogens is 3. The van der Waals surface area contributed by atoms with Crippen LogP contribution in [0.4, 0.5) is 4.39 Å². The zero-order valence-corrected chi connectivity index (χ0v) is 18.2. The van der Waals surface area contributed by atoms with Crippen molar-refractivity contribution in [1.29, 1.82) is 0 Å². The number of amides is 1. The maximum Gasteiger partial charge on any atom is 0.230 e. The lowest BCUT2D eigenvalue weighted by Gasteiger charge is -2.38. The Morgan fingerprint density at radius 3 is 2.58 bits per heavy atom. The van der Waals surface area contributed by atoms with Crippen LogP contribution in [0.15, 0.2) is 59.8 Å². The number of carbonyl (C=O) groups excluding carboxylic acids is 1. The standard InChI is InChI=1S/C23H25FN4O2S/c1-28-21(18-9-5-6-10-19(18)24)26-27-22(28)31-15-20(29)25-16-23(11-13-30-14-12-23)17-7-3-2-4-8-17/h2-10H,11-16H2,1H3,(H,25,29). The third-order valence-electron chi connectivity index (χ3n) is 5.74. The van der Waals surface area contributed by atoms with Crippen molar-refractivity contribution in [2.45, 2.75) is 23.4 Å². The smallest absolute Gasteiger partial charge is 0.230 e. The predicted octanol–water partition coefficient (Wildman–Crippen LogP) is 3.58. The number of halogens is 1. The van der Waals surface area contributed by atoms with Gasteiger partial charge in [-0.1, -0.05) is 54.2 Å². The van der Waals surface area contributed by atoms with Crippen molar-refractivity contribution in [2.24, 2.45) is 7.05 Å². The molecule has 0 spiro atoms. The van der Waals surface area contributed by atoms with E-state index in [1.165, 1.54) is 23.4 Å². The summed E-state index contributed by atoms with van der Waals surface area (Å²) in [6.07, 6.45) is 1.75. The molecule has 8 heteroatoms. The fourth-order valence-corrected chi connectivity index (χ4v) is 4.63. The minimum absolute atomic E-state index is 0.0674. The molecule has 31 heavy (non-hydrogen) atoms. The zero-order chi connectivity index (χ0) is 21.7. The van der Waals surface area contributed by atoms with Crippen LogP contribution in [-0.4, -0.2) is 46.2 Å². The van der Waals surface area contributed by atoms with Crippen LogP contribution < -0.4 is 5.32 Å². The molecular formula is C23H25FN4O2S. The van der Waals surface area contributed by atoms with Crippen molar-refractivity contribution in [3.63, 3.8) is 0 Å². The molecule has 1 saturated heterocycles. The molecular weight excluding hydrogens is 415 g/mol. The van der Waals surface area contributed by atoms with Gasteiger partial charge in [-0.15, -0.1) is 10.2 Å². The van der Waals surface area contributed by atoms with Gasteiger partial charge in [-0.2, -0.15) is 0 Å². The van der Waals surface area contributed by atoms with E-state index in [1.54, 1.807) is 29.8 Å². The van der Waals surface area contributed by atoms with E-state index >= 15 is 0 Å². The van der Waals surface area contributed by atoms with Crippen LogP contribution in [0, 0.1) is 5.82 Å². The molecule has 1 aliphatic heterocycles. The second-order valence-corrected chi connectivity index (χ2v) is 8.61. The first-order valence-corrected chi connectivity index (χ1v) is 11.2. The van der Waals surface area contributed by atoms with Gasteiger partial charge in [-0.25, -0.2) is 4.39 Å². The topological polar surface area (TPSA) is 69.0 Å². The minimum Gasteiger partial charge on any atom is -0.381 e. The third-order valence-corrected chi connectivity index (χ3v) is 6.76. The SMILES string of the molecule is Cn1c(SCC(=O)NCC2(c3ccccc3)CCOCC2)nnc1-c1ccccc1F. The second kappa shape index (κ2) is 9.62. The molecule has 1 aromatic heterocycles. The van der Waals surface area contributed by atoms with E-state index in [2.05, 4.69) is 27.6 Å². The number of carbonyl (C=O) groups is 1. The highest BCUT2D eigenvalue weighted by Gasteiger charge is 2.34. The summed E-state index contributed by atoms with van der Waals surface area (Å²) in [5.41, 5.74) is 1.51. The van der Waals surface area contributed by atoms with Gasteiger partial charge >= 0.3 is 0 Å². The van der Waals surface area contributed by atoms with Crippen LogP contribution in [0.1, 0.15) is 18.4 Å². The Kier molecular flexibility index (Phi) is 6.67. The van der Waals surface area contributed by atoms with E-state index in [0.29, 0.717) is 36.3 Å². The maximum atomic E-state index is 14.1. The summed E-state index contributed by atoms with van der Waals surface area (Å²) in [6.45, 7) is 1.95. The molecule has 1 N–H and O–H groups in total. The third kappa shape index (κ3) is 4.80. The Balaban J connectivity index is 1.38. The molecule has 4 rings (SSSR count). The van der Waals surface area contributed by atoms with Crippen LogP contribution in [0.2, 0.25) is 0 Å². The Hall–Kier alpha value is -2.71. The Morgan fingerprint density at radius 2 is 1.84 bits per heavy atom. The molecule has 0 saturated carbocycles. The molecule has 0 aliphatic carbocycles. The highest BCUT2D eigenvalue weighted by molar-refractivity contribution is 7.99. The fourth-order valence-electron chi connectivity index (χ4n) is 3.89. The van der Waals surface area contributed by atoms with E-state index in [-0.39, 0.29) is 22.9 Å². The number of thioether (sulfide) groups is 1. The van der Waals surface area contributed by atoms with Gasteiger partial charge < -0.3 is 14.6 Å².